The summed E-state index contributed by atoms with van der Waals surface area (Å²) in [5.41, 5.74) is 2.26. The lowest BCUT2D eigenvalue weighted by atomic mass is 10.2. The Labute approximate surface area is 114 Å². The molecule has 0 saturated heterocycles. The monoisotopic (exact) mass is 343 g/mol. The summed E-state index contributed by atoms with van der Waals surface area (Å²) in [6, 6.07) is 6.20. The number of halogens is 1. The molecule has 0 unspecified atom stereocenters. The van der Waals surface area contributed by atoms with E-state index in [0.29, 0.717) is 6.54 Å². The molecule has 2 aromatic rings. The van der Waals surface area contributed by atoms with E-state index in [1.54, 1.807) is 4.68 Å². The number of benzene rings is 1. The van der Waals surface area contributed by atoms with Gasteiger partial charge in [0.15, 0.2) is 5.82 Å². The second-order valence-corrected chi connectivity index (χ2v) is 4.88. The number of hydrogen-bond acceptors (Lipinski definition) is 4. The van der Waals surface area contributed by atoms with Gasteiger partial charge < -0.3 is 5.32 Å². The first kappa shape index (κ1) is 12.4. The Morgan fingerprint density at radius 1 is 1.41 bits per heavy atom. The molecule has 0 saturated carbocycles. The van der Waals surface area contributed by atoms with Gasteiger partial charge in [0.05, 0.1) is 12.2 Å². The highest BCUT2D eigenvalue weighted by atomic mass is 127. The molecule has 2 rings (SSSR count). The van der Waals surface area contributed by atoms with Gasteiger partial charge in [-0.15, -0.1) is 5.10 Å². The molecule has 0 fully saturated rings. The van der Waals surface area contributed by atoms with Gasteiger partial charge >= 0.3 is 0 Å². The molecule has 0 aliphatic heterocycles. The minimum Gasteiger partial charge on any atom is -0.310 e. The van der Waals surface area contributed by atoms with Crippen LogP contribution in [-0.4, -0.2) is 26.8 Å². The van der Waals surface area contributed by atoms with E-state index in [0.717, 1.165) is 18.1 Å². The van der Waals surface area contributed by atoms with Crippen molar-refractivity contribution in [2.24, 2.45) is 0 Å². The summed E-state index contributed by atoms with van der Waals surface area (Å²) in [5.74, 6) is 0.825. The lowest BCUT2D eigenvalue weighted by Gasteiger charge is -2.06. The van der Waals surface area contributed by atoms with Crippen molar-refractivity contribution in [3.05, 3.63) is 33.2 Å². The normalized spacial score (nSPS) is 10.8. The Morgan fingerprint density at radius 3 is 2.94 bits per heavy atom. The molecule has 1 heterocycles. The molecule has 1 aromatic heterocycles. The van der Waals surface area contributed by atoms with E-state index in [2.05, 4.69) is 69.4 Å². The van der Waals surface area contributed by atoms with Crippen LogP contribution in [0.1, 0.15) is 18.3 Å². The van der Waals surface area contributed by atoms with Gasteiger partial charge in [0.1, 0.15) is 0 Å². The van der Waals surface area contributed by atoms with Gasteiger partial charge in [-0.25, -0.2) is 0 Å². The van der Waals surface area contributed by atoms with Crippen LogP contribution in [0, 0.1) is 10.5 Å². The molecule has 0 bridgehead atoms. The van der Waals surface area contributed by atoms with E-state index in [9.17, 15) is 0 Å². The number of nitrogens with one attached hydrogen (secondary N) is 1. The lowest BCUT2D eigenvalue weighted by molar-refractivity contribution is 0.664. The van der Waals surface area contributed by atoms with Gasteiger partial charge in [-0.3, -0.25) is 0 Å². The van der Waals surface area contributed by atoms with Crippen molar-refractivity contribution in [3.8, 4) is 5.69 Å². The zero-order chi connectivity index (χ0) is 12.3. The van der Waals surface area contributed by atoms with Crippen LogP contribution < -0.4 is 5.32 Å². The number of hydrogen-bond donors (Lipinski definition) is 1. The molecule has 0 spiro atoms. The van der Waals surface area contributed by atoms with Crippen LogP contribution in [0.15, 0.2) is 18.2 Å². The summed E-state index contributed by atoms with van der Waals surface area (Å²) in [5, 5.41) is 15.0. The van der Waals surface area contributed by atoms with Crippen molar-refractivity contribution in [1.29, 1.82) is 0 Å². The molecule has 90 valence electrons. The number of rotatable bonds is 4. The van der Waals surface area contributed by atoms with Crippen LogP contribution in [0.25, 0.3) is 5.69 Å². The minimum atomic E-state index is 0.675. The summed E-state index contributed by atoms with van der Waals surface area (Å²) in [7, 11) is 0. The molecule has 0 amide bonds. The summed E-state index contributed by atoms with van der Waals surface area (Å²) < 4.78 is 2.98. The van der Waals surface area contributed by atoms with Gasteiger partial charge in [-0.1, -0.05) is 13.0 Å². The van der Waals surface area contributed by atoms with E-state index >= 15 is 0 Å². The van der Waals surface area contributed by atoms with Crippen LogP contribution in [0.5, 0.6) is 0 Å². The largest absolute Gasteiger partial charge is 0.310 e. The zero-order valence-corrected chi connectivity index (χ0v) is 12.0. The highest BCUT2D eigenvalue weighted by Crippen LogP contribution is 2.16. The third kappa shape index (κ3) is 2.81. The molecule has 6 heteroatoms. The van der Waals surface area contributed by atoms with Crippen LogP contribution >= 0.6 is 22.6 Å². The van der Waals surface area contributed by atoms with Crippen LogP contribution in [-0.2, 0) is 6.54 Å². The van der Waals surface area contributed by atoms with Crippen LogP contribution in [0.4, 0.5) is 0 Å². The van der Waals surface area contributed by atoms with Gasteiger partial charge in [0.2, 0.25) is 0 Å². The van der Waals surface area contributed by atoms with Crippen molar-refractivity contribution in [3.63, 3.8) is 0 Å². The van der Waals surface area contributed by atoms with Gasteiger partial charge in [-0.05, 0) is 64.2 Å². The van der Waals surface area contributed by atoms with Crippen molar-refractivity contribution in [2.45, 2.75) is 20.4 Å². The third-order valence-electron chi connectivity index (χ3n) is 2.47. The molecule has 0 atom stereocenters. The average molecular weight is 343 g/mol. The number of aryl methyl sites for hydroxylation is 1. The fourth-order valence-electron chi connectivity index (χ4n) is 1.47. The fourth-order valence-corrected chi connectivity index (χ4v) is 1.97. The maximum absolute atomic E-state index is 4.02. The van der Waals surface area contributed by atoms with E-state index in [4.69, 9.17) is 0 Å². The predicted octanol–water partition coefficient (Wildman–Crippen LogP) is 1.68. The SMILES string of the molecule is CCNCc1nnnn1-c1ccc(C)c(I)c1. The first-order chi connectivity index (χ1) is 8.22. The maximum atomic E-state index is 4.02. The van der Waals surface area contributed by atoms with Crippen molar-refractivity contribution >= 4 is 22.6 Å². The number of aromatic nitrogens is 4. The molecular formula is C11H14IN5. The molecular weight excluding hydrogens is 329 g/mol. The third-order valence-corrected chi connectivity index (χ3v) is 3.63. The van der Waals surface area contributed by atoms with E-state index < -0.39 is 0 Å². The zero-order valence-electron chi connectivity index (χ0n) is 9.81. The first-order valence-corrected chi connectivity index (χ1v) is 6.54. The molecule has 0 aliphatic rings. The fraction of sp³-hybridized carbons (Fsp3) is 0.364. The van der Waals surface area contributed by atoms with Crippen molar-refractivity contribution in [2.75, 3.05) is 6.54 Å². The predicted molar refractivity (Wildman–Crippen MR) is 74.0 cm³/mol. The Hall–Kier alpha value is -1.02. The van der Waals surface area contributed by atoms with E-state index in [-0.39, 0.29) is 0 Å². The quantitative estimate of drug-likeness (QED) is 0.859. The Balaban J connectivity index is 2.32. The summed E-state index contributed by atoms with van der Waals surface area (Å²) in [4.78, 5) is 0. The van der Waals surface area contributed by atoms with Crippen LogP contribution in [0.3, 0.4) is 0 Å². The van der Waals surface area contributed by atoms with Crippen LogP contribution in [0.2, 0.25) is 0 Å². The highest BCUT2D eigenvalue weighted by Gasteiger charge is 2.08. The molecule has 17 heavy (non-hydrogen) atoms. The van der Waals surface area contributed by atoms with E-state index in [1.165, 1.54) is 9.13 Å². The van der Waals surface area contributed by atoms with Crippen molar-refractivity contribution < 1.29 is 0 Å². The molecule has 5 nitrogen and oxygen atoms in total. The number of nitrogens with zero attached hydrogens (tertiary/aromatic N) is 4. The second kappa shape index (κ2) is 5.54. The van der Waals surface area contributed by atoms with Gasteiger partial charge in [0.25, 0.3) is 0 Å². The first-order valence-electron chi connectivity index (χ1n) is 5.47. The van der Waals surface area contributed by atoms with Gasteiger partial charge in [-0.2, -0.15) is 4.68 Å². The molecule has 1 N–H and O–H groups in total. The van der Waals surface area contributed by atoms with Gasteiger partial charge in [0, 0.05) is 3.57 Å². The summed E-state index contributed by atoms with van der Waals surface area (Å²) in [6.45, 7) is 5.72. The average Bonchev–Trinajstić information content (AvgIpc) is 2.78. The number of tetrazole rings is 1. The summed E-state index contributed by atoms with van der Waals surface area (Å²) >= 11 is 2.32. The molecule has 1 aromatic carbocycles. The lowest BCUT2D eigenvalue weighted by Crippen LogP contribution is -2.16. The molecule has 0 radical (unpaired) electrons. The topological polar surface area (TPSA) is 55.6 Å². The standard InChI is InChI=1S/C11H14IN5/c1-3-13-7-11-14-15-16-17(11)9-5-4-8(2)10(12)6-9/h4-6,13H,3,7H2,1-2H3. The summed E-state index contributed by atoms with van der Waals surface area (Å²) in [6.07, 6.45) is 0. The smallest absolute Gasteiger partial charge is 0.170 e. The van der Waals surface area contributed by atoms with E-state index in [1.807, 2.05) is 6.07 Å². The Kier molecular flexibility index (Phi) is 4.06. The second-order valence-electron chi connectivity index (χ2n) is 3.72. The Morgan fingerprint density at radius 2 is 2.24 bits per heavy atom. The molecule has 0 aliphatic carbocycles. The maximum Gasteiger partial charge on any atom is 0.170 e. The highest BCUT2D eigenvalue weighted by molar-refractivity contribution is 14.1. The Bertz CT molecular complexity index is 508. The minimum absolute atomic E-state index is 0.675. The van der Waals surface area contributed by atoms with Crippen molar-refractivity contribution in [1.82, 2.24) is 25.5 Å².